The molecular weight excluding hydrogens is 562 g/mol. The molecule has 8 nitrogen and oxygen atoms in total. The highest BCUT2D eigenvalue weighted by Crippen LogP contribution is 2.28. The van der Waals surface area contributed by atoms with Gasteiger partial charge in [-0.05, 0) is 80.9 Å². The fourth-order valence-corrected chi connectivity index (χ4v) is 5.13. The maximum absolute atomic E-state index is 13.5. The van der Waals surface area contributed by atoms with Crippen molar-refractivity contribution in [2.24, 2.45) is 0 Å². The van der Waals surface area contributed by atoms with Crippen molar-refractivity contribution in [1.29, 1.82) is 0 Å². The molecule has 0 saturated carbocycles. The zero-order valence-corrected chi connectivity index (χ0v) is 25.1. The topological polar surface area (TPSA) is 117 Å². The summed E-state index contributed by atoms with van der Waals surface area (Å²) >= 11 is 1.36. The van der Waals surface area contributed by atoms with Crippen molar-refractivity contribution in [3.8, 4) is 11.5 Å². The van der Waals surface area contributed by atoms with E-state index in [0.717, 1.165) is 21.7 Å². The van der Waals surface area contributed by atoms with Crippen LogP contribution in [0.25, 0.3) is 6.08 Å². The molecular formula is C34H33N3O5S. The molecule has 4 rings (SSSR count). The number of anilines is 2. The first-order chi connectivity index (χ1) is 20.6. The number of phenols is 1. The van der Waals surface area contributed by atoms with Crippen LogP contribution >= 0.6 is 11.8 Å². The summed E-state index contributed by atoms with van der Waals surface area (Å²) in [4.78, 5) is 40.1. The second-order valence-electron chi connectivity index (χ2n) is 9.85. The molecule has 0 radical (unpaired) electrons. The Morgan fingerprint density at radius 3 is 2.37 bits per heavy atom. The number of amides is 3. The van der Waals surface area contributed by atoms with E-state index in [4.69, 9.17) is 4.74 Å². The number of carbonyl (C=O) groups is 3. The molecule has 4 aromatic carbocycles. The van der Waals surface area contributed by atoms with E-state index in [2.05, 4.69) is 16.0 Å². The van der Waals surface area contributed by atoms with Crippen LogP contribution in [0.4, 0.5) is 11.4 Å². The fraction of sp³-hybridized carbons (Fsp3) is 0.147. The quantitative estimate of drug-likeness (QED) is 0.122. The Bertz CT molecular complexity index is 1670. The third-order valence-corrected chi connectivity index (χ3v) is 7.55. The van der Waals surface area contributed by atoms with Crippen LogP contribution in [-0.4, -0.2) is 35.2 Å². The summed E-state index contributed by atoms with van der Waals surface area (Å²) < 4.78 is 5.35. The van der Waals surface area contributed by atoms with Gasteiger partial charge >= 0.3 is 0 Å². The van der Waals surface area contributed by atoms with Crippen LogP contribution in [0.5, 0.6) is 11.5 Å². The molecule has 0 aliphatic carbocycles. The van der Waals surface area contributed by atoms with Crippen molar-refractivity contribution in [2.45, 2.75) is 30.9 Å². The van der Waals surface area contributed by atoms with Gasteiger partial charge in [-0.2, -0.15) is 0 Å². The molecule has 0 fully saturated rings. The highest BCUT2D eigenvalue weighted by Gasteiger charge is 2.18. The van der Waals surface area contributed by atoms with Crippen LogP contribution in [0.15, 0.2) is 102 Å². The highest BCUT2D eigenvalue weighted by atomic mass is 32.2. The van der Waals surface area contributed by atoms with Gasteiger partial charge in [0.1, 0.15) is 17.2 Å². The summed E-state index contributed by atoms with van der Waals surface area (Å²) in [5, 5.41) is 18.0. The molecule has 3 amide bonds. The molecule has 1 atom stereocenters. The Kier molecular flexibility index (Phi) is 10.2. The number of methoxy groups -OCH3 is 1. The molecule has 4 aromatic rings. The van der Waals surface area contributed by atoms with Gasteiger partial charge in [-0.15, -0.1) is 11.8 Å². The van der Waals surface area contributed by atoms with Gasteiger partial charge < -0.3 is 25.8 Å². The van der Waals surface area contributed by atoms with Crippen molar-refractivity contribution in [1.82, 2.24) is 5.32 Å². The number of benzene rings is 4. The molecule has 220 valence electrons. The number of aryl methyl sites for hydroxylation is 2. The van der Waals surface area contributed by atoms with E-state index < -0.39 is 17.1 Å². The summed E-state index contributed by atoms with van der Waals surface area (Å²) in [6, 6.07) is 26.0. The number of nitrogens with one attached hydrogen (secondary N) is 3. The van der Waals surface area contributed by atoms with Crippen molar-refractivity contribution in [3.05, 3.63) is 119 Å². The van der Waals surface area contributed by atoms with E-state index in [1.54, 1.807) is 54.6 Å². The van der Waals surface area contributed by atoms with E-state index >= 15 is 0 Å². The first-order valence-electron chi connectivity index (χ1n) is 13.5. The summed E-state index contributed by atoms with van der Waals surface area (Å²) in [5.74, 6) is -0.844. The Hall–Kier alpha value is -5.02. The molecule has 0 bridgehead atoms. The van der Waals surface area contributed by atoms with Gasteiger partial charge in [0.25, 0.3) is 11.8 Å². The Labute approximate surface area is 255 Å². The molecule has 0 spiro atoms. The van der Waals surface area contributed by atoms with Crippen LogP contribution in [0, 0.1) is 13.8 Å². The van der Waals surface area contributed by atoms with Gasteiger partial charge in [0.05, 0.1) is 12.4 Å². The second-order valence-corrected chi connectivity index (χ2v) is 11.3. The van der Waals surface area contributed by atoms with Crippen LogP contribution < -0.4 is 20.7 Å². The lowest BCUT2D eigenvalue weighted by atomic mass is 10.1. The zero-order valence-electron chi connectivity index (χ0n) is 24.3. The first kappa shape index (κ1) is 30.9. The molecule has 9 heteroatoms. The lowest BCUT2D eigenvalue weighted by Crippen LogP contribution is -2.30. The first-order valence-corrected chi connectivity index (χ1v) is 14.4. The molecule has 1 unspecified atom stereocenters. The number of ether oxygens (including phenoxy) is 1. The Morgan fingerprint density at radius 1 is 0.884 bits per heavy atom. The molecule has 0 aliphatic heterocycles. The molecule has 0 aromatic heterocycles. The SMILES string of the molecule is COc1cc(O)ccc1/C=C(/NC(=O)c1ccccc1)C(=O)Nc1cccc(SC(C)C(=O)Nc2ccc(C)cc2C)c1. The highest BCUT2D eigenvalue weighted by molar-refractivity contribution is 8.00. The molecule has 0 aliphatic rings. The number of hydrogen-bond acceptors (Lipinski definition) is 6. The van der Waals surface area contributed by atoms with Crippen molar-refractivity contribution >= 4 is 46.9 Å². The van der Waals surface area contributed by atoms with Gasteiger partial charge in [-0.1, -0.05) is 42.0 Å². The van der Waals surface area contributed by atoms with Crippen molar-refractivity contribution < 1.29 is 24.2 Å². The Morgan fingerprint density at radius 2 is 1.65 bits per heavy atom. The average molecular weight is 596 g/mol. The minimum atomic E-state index is -0.567. The van der Waals surface area contributed by atoms with Gasteiger partial charge in [0, 0.05) is 33.5 Å². The number of thioether (sulfide) groups is 1. The van der Waals surface area contributed by atoms with Crippen molar-refractivity contribution in [2.75, 3.05) is 17.7 Å². The molecule has 4 N–H and O–H groups in total. The maximum Gasteiger partial charge on any atom is 0.272 e. The molecule has 0 saturated heterocycles. The minimum absolute atomic E-state index is 0.000419. The van der Waals surface area contributed by atoms with Gasteiger partial charge in [0.15, 0.2) is 0 Å². The Balaban J connectivity index is 1.52. The summed E-state index contributed by atoms with van der Waals surface area (Å²) in [5.41, 5.74) is 4.19. The van der Waals surface area contributed by atoms with Gasteiger partial charge in [0.2, 0.25) is 5.91 Å². The van der Waals surface area contributed by atoms with E-state index in [0.29, 0.717) is 22.6 Å². The number of aromatic hydroxyl groups is 1. The molecule has 0 heterocycles. The monoisotopic (exact) mass is 595 g/mol. The molecule has 43 heavy (non-hydrogen) atoms. The maximum atomic E-state index is 13.5. The van der Waals surface area contributed by atoms with E-state index in [9.17, 15) is 19.5 Å². The van der Waals surface area contributed by atoms with Crippen LogP contribution in [0.2, 0.25) is 0 Å². The summed E-state index contributed by atoms with van der Waals surface area (Å²) in [6.45, 7) is 5.78. The number of rotatable bonds is 10. The zero-order chi connectivity index (χ0) is 30.9. The third-order valence-electron chi connectivity index (χ3n) is 6.46. The van der Waals surface area contributed by atoms with E-state index in [1.807, 2.05) is 45.0 Å². The predicted molar refractivity (Wildman–Crippen MR) is 171 cm³/mol. The average Bonchev–Trinajstić information content (AvgIpc) is 2.99. The smallest absolute Gasteiger partial charge is 0.272 e. The lowest BCUT2D eigenvalue weighted by Gasteiger charge is -2.15. The third kappa shape index (κ3) is 8.50. The van der Waals surface area contributed by atoms with Crippen LogP contribution in [-0.2, 0) is 9.59 Å². The van der Waals surface area contributed by atoms with Gasteiger partial charge in [-0.3, -0.25) is 14.4 Å². The van der Waals surface area contributed by atoms with Crippen LogP contribution in [0.3, 0.4) is 0 Å². The number of phenolic OH excluding ortho intramolecular Hbond substituents is 1. The second kappa shape index (κ2) is 14.2. The lowest BCUT2D eigenvalue weighted by molar-refractivity contribution is -0.115. The van der Waals surface area contributed by atoms with E-state index in [-0.39, 0.29) is 17.4 Å². The summed E-state index contributed by atoms with van der Waals surface area (Å²) in [7, 11) is 1.45. The van der Waals surface area contributed by atoms with Crippen molar-refractivity contribution in [3.63, 3.8) is 0 Å². The van der Waals surface area contributed by atoms with Gasteiger partial charge in [-0.25, -0.2) is 0 Å². The van der Waals surface area contributed by atoms with Crippen LogP contribution in [0.1, 0.15) is 34.0 Å². The largest absolute Gasteiger partial charge is 0.508 e. The predicted octanol–water partition coefficient (Wildman–Crippen LogP) is 6.55. The fourth-order valence-electron chi connectivity index (χ4n) is 4.21. The normalized spacial score (nSPS) is 11.8. The summed E-state index contributed by atoms with van der Waals surface area (Å²) in [6.07, 6.45) is 1.48. The number of hydrogen-bond donors (Lipinski definition) is 4. The standard InChI is InChI=1S/C34H33N3O5S/c1-21-13-16-29(22(2)17-21)36-32(39)23(3)43-28-12-8-11-26(19-28)35-34(41)30(37-33(40)24-9-6-5-7-10-24)18-25-14-15-27(38)20-31(25)42-4/h5-20,23,38H,1-4H3,(H,35,41)(H,36,39)(H,37,40)/b30-18+. The number of carbonyl (C=O) groups excluding carboxylic acids is 3. The van der Waals surface area contributed by atoms with E-state index in [1.165, 1.54) is 37.1 Å². The minimum Gasteiger partial charge on any atom is -0.508 e.